The molecule has 0 aromatic carbocycles. The van der Waals surface area contributed by atoms with Gasteiger partial charge < -0.3 is 58.0 Å². The van der Waals surface area contributed by atoms with Crippen molar-refractivity contribution in [1.82, 2.24) is 0 Å². The predicted octanol–water partition coefficient (Wildman–Crippen LogP) is 4.33. The first-order valence-electron chi connectivity index (χ1n) is 21.2. The zero-order chi connectivity index (χ0) is 43.8. The molecule has 3 saturated heterocycles. The van der Waals surface area contributed by atoms with Crippen molar-refractivity contribution in [2.45, 2.75) is 200 Å². The van der Waals surface area contributed by atoms with Crippen LogP contribution in [0.3, 0.4) is 0 Å². The number of carbonyl (C=O) groups is 3. The molecule has 21 atom stereocenters. The molecule has 4 fully saturated rings. The lowest BCUT2D eigenvalue weighted by Gasteiger charge is -2.48. The van der Waals surface area contributed by atoms with E-state index in [-0.39, 0.29) is 37.4 Å². The van der Waals surface area contributed by atoms with E-state index in [2.05, 4.69) is 0 Å². The summed E-state index contributed by atoms with van der Waals surface area (Å²) in [4.78, 5) is 39.1. The molecule has 1 saturated carbocycles. The van der Waals surface area contributed by atoms with Gasteiger partial charge in [-0.3, -0.25) is 14.4 Å². The molecule has 0 aromatic rings. The molecule has 58 heavy (non-hydrogen) atoms. The van der Waals surface area contributed by atoms with E-state index >= 15 is 0 Å². The van der Waals surface area contributed by atoms with E-state index in [1.54, 1.807) is 41.7 Å². The van der Waals surface area contributed by atoms with Gasteiger partial charge in [0.2, 0.25) is 0 Å². The first-order chi connectivity index (χ1) is 26.8. The number of esters is 2. The molecule has 0 aromatic heterocycles. The Morgan fingerprint density at radius 2 is 1.43 bits per heavy atom. The minimum Gasteiger partial charge on any atom is -0.461 e. The van der Waals surface area contributed by atoms with E-state index in [0.29, 0.717) is 6.42 Å². The lowest BCUT2D eigenvalue weighted by molar-refractivity contribution is -0.311. The van der Waals surface area contributed by atoms with E-state index in [4.69, 9.17) is 42.6 Å². The van der Waals surface area contributed by atoms with Crippen molar-refractivity contribution in [2.75, 3.05) is 14.2 Å². The highest BCUT2D eigenvalue weighted by atomic mass is 16.7. The molecule has 4 aliphatic rings. The van der Waals surface area contributed by atoms with Crippen molar-refractivity contribution >= 4 is 17.7 Å². The predicted molar refractivity (Wildman–Crippen MR) is 210 cm³/mol. The summed E-state index contributed by atoms with van der Waals surface area (Å²) in [7, 11) is 3.20. The number of carbonyl (C=O) groups excluding carboxylic acids is 3. The summed E-state index contributed by atoms with van der Waals surface area (Å²) in [6.07, 6.45) is -6.83. The average Bonchev–Trinajstić information content (AvgIpc) is 3.80. The quantitative estimate of drug-likeness (QED) is 0.263. The van der Waals surface area contributed by atoms with Crippen LogP contribution in [0.25, 0.3) is 0 Å². The van der Waals surface area contributed by atoms with Crippen LogP contribution < -0.4 is 0 Å². The molecule has 3 heterocycles. The molecular formula is C43H74O15. The van der Waals surface area contributed by atoms with Gasteiger partial charge in [0.25, 0.3) is 0 Å². The Morgan fingerprint density at radius 1 is 0.810 bits per heavy atom. The second-order valence-electron chi connectivity index (χ2n) is 18.6. The lowest BCUT2D eigenvalue weighted by atomic mass is 9.74. The summed E-state index contributed by atoms with van der Waals surface area (Å²) < 4.78 is 56.7. The van der Waals surface area contributed by atoms with Gasteiger partial charge >= 0.3 is 11.9 Å². The van der Waals surface area contributed by atoms with Crippen LogP contribution in [-0.2, 0) is 57.0 Å². The molecule has 3 N–H and O–H groups in total. The van der Waals surface area contributed by atoms with Gasteiger partial charge in [-0.25, -0.2) is 0 Å². The molecule has 0 bridgehead atoms. The van der Waals surface area contributed by atoms with Crippen molar-refractivity contribution in [3.05, 3.63) is 0 Å². The normalized spacial score (nSPS) is 47.9. The number of aliphatic hydroxyl groups excluding tert-OH is 1. The number of rotatable bonds is 10. The van der Waals surface area contributed by atoms with Gasteiger partial charge in [0.05, 0.1) is 48.6 Å². The van der Waals surface area contributed by atoms with Gasteiger partial charge in [-0.2, -0.15) is 0 Å². The Kier molecular flexibility index (Phi) is 16.1. The molecular weight excluding hydrogens is 756 g/mol. The van der Waals surface area contributed by atoms with Crippen LogP contribution >= 0.6 is 0 Å². The van der Waals surface area contributed by atoms with E-state index in [0.717, 1.165) is 0 Å². The van der Waals surface area contributed by atoms with Crippen LogP contribution in [0.4, 0.5) is 0 Å². The van der Waals surface area contributed by atoms with Gasteiger partial charge in [-0.15, -0.1) is 0 Å². The zero-order valence-corrected chi connectivity index (χ0v) is 37.5. The van der Waals surface area contributed by atoms with Crippen molar-refractivity contribution in [2.24, 2.45) is 41.4 Å². The summed E-state index contributed by atoms with van der Waals surface area (Å²) in [6.45, 7) is 22.2. The molecule has 1 aliphatic carbocycles. The van der Waals surface area contributed by atoms with E-state index in [9.17, 15) is 29.7 Å². The topological polar surface area (TPSA) is 195 Å². The highest BCUT2D eigenvalue weighted by Gasteiger charge is 2.64. The fourth-order valence-electron chi connectivity index (χ4n) is 9.95. The third-order valence-electron chi connectivity index (χ3n) is 13.6. The summed E-state index contributed by atoms with van der Waals surface area (Å²) in [5.41, 5.74) is -2.90. The van der Waals surface area contributed by atoms with Crippen LogP contribution in [0.5, 0.6) is 0 Å². The number of hydrogen-bond acceptors (Lipinski definition) is 15. The van der Waals surface area contributed by atoms with Crippen LogP contribution in [0, 0.1) is 41.4 Å². The number of hydrogen-bond donors (Lipinski definition) is 3. The minimum atomic E-state index is -1.90. The molecule has 336 valence electrons. The molecule has 4 rings (SSSR count). The fourth-order valence-corrected chi connectivity index (χ4v) is 9.95. The van der Waals surface area contributed by atoms with Crippen molar-refractivity contribution in [3.8, 4) is 0 Å². The maximum absolute atomic E-state index is 14.4. The van der Waals surface area contributed by atoms with Crippen molar-refractivity contribution in [3.63, 3.8) is 0 Å². The molecule has 0 unspecified atom stereocenters. The molecule has 0 radical (unpaired) electrons. The average molecular weight is 831 g/mol. The van der Waals surface area contributed by atoms with Crippen LogP contribution in [-0.4, -0.2) is 132 Å². The monoisotopic (exact) mass is 831 g/mol. The van der Waals surface area contributed by atoms with Crippen molar-refractivity contribution < 1.29 is 72.3 Å². The Hall–Kier alpha value is -1.79. The van der Waals surface area contributed by atoms with E-state index in [1.165, 1.54) is 27.9 Å². The zero-order valence-electron chi connectivity index (χ0n) is 37.5. The maximum atomic E-state index is 14.4. The summed E-state index contributed by atoms with van der Waals surface area (Å²) >= 11 is 0. The Balaban J connectivity index is 1.86. The largest absolute Gasteiger partial charge is 0.461 e. The Bertz CT molecular complexity index is 1410. The minimum absolute atomic E-state index is 0.0366. The fraction of sp³-hybridized carbons (Fsp3) is 0.930. The van der Waals surface area contributed by atoms with E-state index < -0.39 is 126 Å². The maximum Gasteiger partial charge on any atom is 0.303 e. The molecule has 3 aliphatic heterocycles. The van der Waals surface area contributed by atoms with Crippen molar-refractivity contribution in [1.29, 1.82) is 0 Å². The first kappa shape index (κ1) is 48.9. The number of methoxy groups -OCH3 is 2. The summed E-state index contributed by atoms with van der Waals surface area (Å²) in [5.74, 6) is -7.60. The van der Waals surface area contributed by atoms with Gasteiger partial charge in [0.1, 0.15) is 17.3 Å². The number of ether oxygens (including phenoxy) is 9. The third kappa shape index (κ3) is 10.8. The van der Waals surface area contributed by atoms with Gasteiger partial charge in [0.15, 0.2) is 30.3 Å². The summed E-state index contributed by atoms with van der Waals surface area (Å²) in [5, 5.41) is 35.4. The van der Waals surface area contributed by atoms with Crippen LogP contribution in [0.15, 0.2) is 0 Å². The number of Topliss-reactive ketones (excluding diaryl/α,β-unsaturated/α-hetero) is 1. The Morgan fingerprint density at radius 3 is 1.98 bits per heavy atom. The molecule has 0 amide bonds. The summed E-state index contributed by atoms with van der Waals surface area (Å²) in [6, 6.07) is 0. The van der Waals surface area contributed by atoms with Crippen LogP contribution in [0.1, 0.15) is 116 Å². The smallest absolute Gasteiger partial charge is 0.303 e. The second kappa shape index (κ2) is 19.1. The first-order valence-corrected chi connectivity index (χ1v) is 21.2. The number of ketones is 1. The van der Waals surface area contributed by atoms with Gasteiger partial charge in [0, 0.05) is 76.9 Å². The molecule has 15 heteroatoms. The number of aliphatic hydroxyl groups is 3. The third-order valence-corrected chi connectivity index (χ3v) is 13.6. The Labute approximate surface area is 345 Å². The number of fused-ring (bicyclic) bond motifs is 1. The van der Waals surface area contributed by atoms with E-state index in [1.807, 2.05) is 34.6 Å². The molecule has 0 spiro atoms. The molecule has 15 nitrogen and oxygen atoms in total. The lowest BCUT2D eigenvalue weighted by Crippen LogP contribution is -2.59. The van der Waals surface area contributed by atoms with Gasteiger partial charge in [-0.1, -0.05) is 41.5 Å². The van der Waals surface area contributed by atoms with Crippen LogP contribution in [0.2, 0.25) is 0 Å². The highest BCUT2D eigenvalue weighted by Crippen LogP contribution is 2.54. The SMILES string of the molecule is CO[C@H]1C[C@@H](C)O[C@@H](O[C@@H]2[C@@H](C)[C@H](O[C@H]3C[C@@](C)(OC)[C@H](OC(C)=O)[C@H](C)O3)[C@H]3C[C@]3(O)O[C@H]([C@H](C)[C@@H](C)O)[C@H](C)[C@H](OC(C)=O)[C@@H](C)C(=O)[C@@](C)(O)C[C@@H]2C)[C@@H]1C. The highest BCUT2D eigenvalue weighted by molar-refractivity contribution is 5.89. The van der Waals surface area contributed by atoms with Gasteiger partial charge in [-0.05, 0) is 47.0 Å². The standard InChI is InChI=1S/C43H74O15/c1-20-17-41(12,48)38(47)26(7)35(54-29(10)45)25(6)36(22(3)27(8)44)58-43(49)18-31(43)37(24(5)34(20)57-40-23(4)32(50-14)16-21(2)52-40)56-33-19-42(13,51-15)39(28(9)53-33)55-30(11)46/h20-28,31-37,39-40,44,48-49H,16-19H2,1-15H3/t20-,21+,22+,23+,24+,25+,26+,27+,28-,31+,32-,33-,34-,35-,36+,37-,39+,40-,41-,42+,43-/m0/s1. The second-order valence-corrected chi connectivity index (χ2v) is 18.6.